The van der Waals surface area contributed by atoms with Gasteiger partial charge in [-0.3, -0.25) is 9.59 Å². The van der Waals surface area contributed by atoms with Crippen LogP contribution >= 0.6 is 0 Å². The van der Waals surface area contributed by atoms with Gasteiger partial charge in [-0.25, -0.2) is 4.79 Å². The summed E-state index contributed by atoms with van der Waals surface area (Å²) in [6.45, 7) is 3.71. The van der Waals surface area contributed by atoms with Crippen molar-refractivity contribution in [3.63, 3.8) is 0 Å². The quantitative estimate of drug-likeness (QED) is 0.141. The standard InChI is InChI=1S/C40H40N4O4/c1-40(2,44-39(47)48-25-27-10-4-3-5-11-27)38(46)43-35-23-31(36-33-15-9-6-12-28(33)20-21-34(36)42-37(35)45)22-26-16-18-29(19-17-26)32-14-8-7-13-30(32)24-41/h3-21,31,35H,22-25,41H2,1-2H3,(H,42,45)(H,43,46)(H,44,47)/t31?,35-/m1/s1. The van der Waals surface area contributed by atoms with E-state index in [1.807, 2.05) is 72.8 Å². The van der Waals surface area contributed by atoms with Gasteiger partial charge in [0.1, 0.15) is 18.2 Å². The molecule has 3 amide bonds. The molecule has 1 heterocycles. The molecule has 0 spiro atoms. The maximum atomic E-state index is 13.7. The molecule has 2 atom stereocenters. The Hall–Kier alpha value is -5.47. The molecular formula is C40H40N4O4. The zero-order valence-corrected chi connectivity index (χ0v) is 27.2. The van der Waals surface area contributed by atoms with Crippen molar-refractivity contribution in [2.75, 3.05) is 5.32 Å². The average Bonchev–Trinajstić information content (AvgIpc) is 3.23. The number of anilines is 1. The highest BCUT2D eigenvalue weighted by Gasteiger charge is 2.37. The summed E-state index contributed by atoms with van der Waals surface area (Å²) in [5.74, 6) is -0.903. The highest BCUT2D eigenvalue weighted by atomic mass is 16.5. The molecule has 0 radical (unpaired) electrons. The first kappa shape index (κ1) is 32.5. The summed E-state index contributed by atoms with van der Waals surface area (Å²) < 4.78 is 5.35. The number of fused-ring (bicyclic) bond motifs is 3. The third kappa shape index (κ3) is 7.24. The Bertz CT molecular complexity index is 1940. The minimum Gasteiger partial charge on any atom is -0.445 e. The van der Waals surface area contributed by atoms with E-state index in [0.29, 0.717) is 19.4 Å². The lowest BCUT2D eigenvalue weighted by Crippen LogP contribution is -2.58. The Labute approximate surface area is 280 Å². The SMILES string of the molecule is CC(C)(NC(=O)OCc1ccccc1)C(=O)N[C@@H]1CC(Cc2ccc(-c3ccccc3CN)cc2)c2c(ccc3ccccc23)NC1=O. The Morgan fingerprint density at radius 1 is 0.854 bits per heavy atom. The molecule has 244 valence electrons. The van der Waals surface area contributed by atoms with Crippen LogP contribution < -0.4 is 21.7 Å². The second kappa shape index (κ2) is 14.1. The first-order valence-electron chi connectivity index (χ1n) is 16.2. The molecule has 48 heavy (non-hydrogen) atoms. The van der Waals surface area contributed by atoms with Crippen molar-refractivity contribution in [3.05, 3.63) is 138 Å². The van der Waals surface area contributed by atoms with Gasteiger partial charge in [0.05, 0.1) is 0 Å². The molecular weight excluding hydrogens is 600 g/mol. The number of amides is 3. The minimum atomic E-state index is -1.34. The Balaban J connectivity index is 1.23. The van der Waals surface area contributed by atoms with Gasteiger partial charge in [0.15, 0.2) is 0 Å². The van der Waals surface area contributed by atoms with Crippen molar-refractivity contribution in [3.8, 4) is 11.1 Å². The third-order valence-corrected chi connectivity index (χ3v) is 8.96. The zero-order chi connectivity index (χ0) is 33.7. The number of alkyl carbamates (subject to hydrolysis) is 1. The number of nitrogens with one attached hydrogen (secondary N) is 3. The van der Waals surface area contributed by atoms with Gasteiger partial charge in [0, 0.05) is 12.2 Å². The Kier molecular flexibility index (Phi) is 9.55. The van der Waals surface area contributed by atoms with Crippen LogP contribution in [0.25, 0.3) is 21.9 Å². The van der Waals surface area contributed by atoms with Gasteiger partial charge < -0.3 is 26.4 Å². The van der Waals surface area contributed by atoms with E-state index < -0.39 is 23.6 Å². The van der Waals surface area contributed by atoms with E-state index in [0.717, 1.165) is 49.8 Å². The molecule has 1 aliphatic rings. The molecule has 0 saturated heterocycles. The van der Waals surface area contributed by atoms with Gasteiger partial charge in [0.25, 0.3) is 0 Å². The summed E-state index contributed by atoms with van der Waals surface area (Å²) in [5.41, 5.74) is 11.6. The van der Waals surface area contributed by atoms with Crippen LogP contribution in [0.2, 0.25) is 0 Å². The minimum absolute atomic E-state index is 0.0732. The first-order chi connectivity index (χ1) is 23.2. The predicted molar refractivity (Wildman–Crippen MR) is 189 cm³/mol. The second-order valence-corrected chi connectivity index (χ2v) is 12.8. The molecule has 8 nitrogen and oxygen atoms in total. The number of carbonyl (C=O) groups excluding carboxylic acids is 3. The molecule has 0 bridgehead atoms. The number of benzene rings is 5. The predicted octanol–water partition coefficient (Wildman–Crippen LogP) is 6.82. The molecule has 0 aliphatic carbocycles. The molecule has 8 heteroatoms. The van der Waals surface area contributed by atoms with E-state index in [1.54, 1.807) is 13.8 Å². The second-order valence-electron chi connectivity index (χ2n) is 12.8. The summed E-state index contributed by atoms with van der Waals surface area (Å²) in [5, 5.41) is 10.8. The molecule has 0 fully saturated rings. The third-order valence-electron chi connectivity index (χ3n) is 8.96. The monoisotopic (exact) mass is 640 g/mol. The molecule has 1 unspecified atom stereocenters. The van der Waals surface area contributed by atoms with E-state index in [4.69, 9.17) is 10.5 Å². The van der Waals surface area contributed by atoms with Crippen molar-refractivity contribution >= 4 is 34.4 Å². The van der Waals surface area contributed by atoms with Crippen LogP contribution in [-0.4, -0.2) is 29.5 Å². The number of rotatable bonds is 9. The van der Waals surface area contributed by atoms with Gasteiger partial charge >= 0.3 is 6.09 Å². The van der Waals surface area contributed by atoms with E-state index in [2.05, 4.69) is 58.4 Å². The van der Waals surface area contributed by atoms with Crippen molar-refractivity contribution in [1.29, 1.82) is 0 Å². The summed E-state index contributed by atoms with van der Waals surface area (Å²) in [6, 6.07) is 37.1. The molecule has 1 aliphatic heterocycles. The Morgan fingerprint density at radius 2 is 1.56 bits per heavy atom. The zero-order valence-electron chi connectivity index (χ0n) is 27.2. The highest BCUT2D eigenvalue weighted by molar-refractivity contribution is 6.03. The Morgan fingerprint density at radius 3 is 2.33 bits per heavy atom. The average molecular weight is 641 g/mol. The van der Waals surface area contributed by atoms with E-state index in [1.165, 1.54) is 0 Å². The van der Waals surface area contributed by atoms with Crippen LogP contribution in [0.15, 0.2) is 115 Å². The summed E-state index contributed by atoms with van der Waals surface area (Å²) >= 11 is 0. The van der Waals surface area contributed by atoms with Crippen LogP contribution in [0.5, 0.6) is 0 Å². The number of hydrogen-bond acceptors (Lipinski definition) is 5. The van der Waals surface area contributed by atoms with Gasteiger partial charge in [-0.15, -0.1) is 0 Å². The van der Waals surface area contributed by atoms with Crippen LogP contribution in [0.1, 0.15) is 48.4 Å². The van der Waals surface area contributed by atoms with Crippen LogP contribution in [0.4, 0.5) is 10.5 Å². The molecule has 0 saturated carbocycles. The van der Waals surface area contributed by atoms with Crippen molar-refractivity contribution in [2.24, 2.45) is 5.73 Å². The first-order valence-corrected chi connectivity index (χ1v) is 16.2. The smallest absolute Gasteiger partial charge is 0.408 e. The van der Waals surface area contributed by atoms with Gasteiger partial charge in [-0.2, -0.15) is 0 Å². The van der Waals surface area contributed by atoms with E-state index in [-0.39, 0.29) is 18.4 Å². The largest absolute Gasteiger partial charge is 0.445 e. The maximum absolute atomic E-state index is 13.7. The normalized spacial score (nSPS) is 15.9. The lowest BCUT2D eigenvalue weighted by atomic mass is 9.83. The summed E-state index contributed by atoms with van der Waals surface area (Å²) in [7, 11) is 0. The maximum Gasteiger partial charge on any atom is 0.408 e. The fourth-order valence-electron chi connectivity index (χ4n) is 6.38. The van der Waals surface area contributed by atoms with Crippen molar-refractivity contribution in [2.45, 2.75) is 57.3 Å². The van der Waals surface area contributed by atoms with Gasteiger partial charge in [-0.05, 0) is 82.8 Å². The summed E-state index contributed by atoms with van der Waals surface area (Å²) in [6.07, 6.45) is 0.290. The lowest BCUT2D eigenvalue weighted by molar-refractivity contribution is -0.130. The number of ether oxygens (including phenoxy) is 1. The number of carbonyl (C=O) groups is 3. The fourth-order valence-corrected chi connectivity index (χ4v) is 6.38. The van der Waals surface area contributed by atoms with Crippen LogP contribution in [-0.2, 0) is 33.9 Å². The van der Waals surface area contributed by atoms with Crippen molar-refractivity contribution < 1.29 is 19.1 Å². The number of hydrogen-bond donors (Lipinski definition) is 4. The topological polar surface area (TPSA) is 123 Å². The van der Waals surface area contributed by atoms with Crippen molar-refractivity contribution in [1.82, 2.24) is 10.6 Å². The highest BCUT2D eigenvalue weighted by Crippen LogP contribution is 2.39. The lowest BCUT2D eigenvalue weighted by Gasteiger charge is -2.28. The van der Waals surface area contributed by atoms with E-state index in [9.17, 15) is 14.4 Å². The molecule has 0 aromatic heterocycles. The van der Waals surface area contributed by atoms with Crippen LogP contribution in [0, 0.1) is 0 Å². The fraction of sp³-hybridized carbons (Fsp3) is 0.225. The summed E-state index contributed by atoms with van der Waals surface area (Å²) in [4.78, 5) is 39.9. The molecule has 5 aromatic carbocycles. The molecule has 6 rings (SSSR count). The molecule has 5 aromatic rings. The van der Waals surface area contributed by atoms with E-state index >= 15 is 0 Å². The van der Waals surface area contributed by atoms with Gasteiger partial charge in [0.2, 0.25) is 11.8 Å². The number of nitrogens with two attached hydrogens (primary N) is 1. The molecule has 5 N–H and O–H groups in total. The van der Waals surface area contributed by atoms with Crippen LogP contribution in [0.3, 0.4) is 0 Å². The van der Waals surface area contributed by atoms with Gasteiger partial charge in [-0.1, -0.05) is 109 Å².